The van der Waals surface area contributed by atoms with Crippen LogP contribution in [0.2, 0.25) is 0 Å². The van der Waals surface area contributed by atoms with E-state index in [1.807, 2.05) is 0 Å². The molecule has 1 aliphatic heterocycles. The fourth-order valence-corrected chi connectivity index (χ4v) is 1.89. The Balaban J connectivity index is 1.92. The summed E-state index contributed by atoms with van der Waals surface area (Å²) in [6.45, 7) is 1.80. The van der Waals surface area contributed by atoms with Gasteiger partial charge in [-0.05, 0) is 30.7 Å². The average molecular weight is 273 g/mol. The molecule has 0 bridgehead atoms. The lowest BCUT2D eigenvalue weighted by atomic mass is 10.1. The van der Waals surface area contributed by atoms with Crippen molar-refractivity contribution in [2.45, 2.75) is 12.6 Å². The molecule has 104 valence electrons. The zero-order valence-corrected chi connectivity index (χ0v) is 10.2. The second-order valence-corrected chi connectivity index (χ2v) is 4.51. The Morgan fingerprint density at radius 3 is 2.53 bits per heavy atom. The molecule has 1 fully saturated rings. The number of nitrogens with one attached hydrogen (secondary N) is 1. The maximum Gasteiger partial charge on any atom is 0.416 e. The number of amides is 1. The minimum Gasteiger partial charge on any atom is -0.381 e. The van der Waals surface area contributed by atoms with Crippen LogP contribution in [0.15, 0.2) is 24.3 Å². The van der Waals surface area contributed by atoms with Gasteiger partial charge in [0, 0.05) is 24.6 Å². The molecule has 1 heterocycles. The van der Waals surface area contributed by atoms with Crippen molar-refractivity contribution in [1.29, 1.82) is 0 Å². The Morgan fingerprint density at radius 2 is 2.00 bits per heavy atom. The Morgan fingerprint density at radius 1 is 1.32 bits per heavy atom. The topological polar surface area (TPSA) is 38.3 Å². The molecule has 0 unspecified atom stereocenters. The Bertz CT molecular complexity index is 436. The Labute approximate surface area is 108 Å². The summed E-state index contributed by atoms with van der Waals surface area (Å²) in [7, 11) is 0. The van der Waals surface area contributed by atoms with Gasteiger partial charge in [-0.15, -0.1) is 0 Å². The molecule has 1 atom stereocenters. The van der Waals surface area contributed by atoms with Gasteiger partial charge in [0.25, 0.3) is 5.91 Å². The number of hydrogen-bond donors (Lipinski definition) is 1. The van der Waals surface area contributed by atoms with Crippen LogP contribution in [0.25, 0.3) is 0 Å². The number of carbonyl (C=O) groups excluding carboxylic acids is 1. The van der Waals surface area contributed by atoms with Gasteiger partial charge in [0.2, 0.25) is 0 Å². The van der Waals surface area contributed by atoms with Crippen molar-refractivity contribution in [3.05, 3.63) is 35.4 Å². The molecule has 1 aliphatic rings. The van der Waals surface area contributed by atoms with E-state index in [9.17, 15) is 18.0 Å². The van der Waals surface area contributed by atoms with E-state index in [1.54, 1.807) is 0 Å². The minimum atomic E-state index is -4.38. The molecule has 1 N–H and O–H groups in total. The van der Waals surface area contributed by atoms with E-state index in [2.05, 4.69) is 5.32 Å². The number of benzene rings is 1. The van der Waals surface area contributed by atoms with Crippen LogP contribution in [-0.4, -0.2) is 25.7 Å². The maximum atomic E-state index is 12.4. The summed E-state index contributed by atoms with van der Waals surface area (Å²) in [6, 6.07) is 4.19. The summed E-state index contributed by atoms with van der Waals surface area (Å²) >= 11 is 0. The second kappa shape index (κ2) is 5.61. The van der Waals surface area contributed by atoms with E-state index in [0.717, 1.165) is 18.6 Å². The lowest BCUT2D eigenvalue weighted by Gasteiger charge is -2.10. The quantitative estimate of drug-likeness (QED) is 0.918. The minimum absolute atomic E-state index is 0.229. The van der Waals surface area contributed by atoms with Crippen molar-refractivity contribution in [2.75, 3.05) is 19.8 Å². The van der Waals surface area contributed by atoms with Crippen LogP contribution in [0, 0.1) is 5.92 Å². The fourth-order valence-electron chi connectivity index (χ4n) is 1.89. The largest absolute Gasteiger partial charge is 0.416 e. The summed E-state index contributed by atoms with van der Waals surface area (Å²) in [5.41, 5.74) is -0.528. The van der Waals surface area contributed by atoms with E-state index < -0.39 is 11.7 Å². The van der Waals surface area contributed by atoms with E-state index in [0.29, 0.717) is 25.7 Å². The highest BCUT2D eigenvalue weighted by molar-refractivity contribution is 5.94. The zero-order chi connectivity index (χ0) is 13.9. The van der Waals surface area contributed by atoms with Gasteiger partial charge in [-0.2, -0.15) is 13.2 Å². The van der Waals surface area contributed by atoms with Gasteiger partial charge in [0.05, 0.1) is 12.2 Å². The first-order valence-electron chi connectivity index (χ1n) is 6.00. The van der Waals surface area contributed by atoms with Crippen LogP contribution in [0.1, 0.15) is 22.3 Å². The van der Waals surface area contributed by atoms with Crippen molar-refractivity contribution in [3.8, 4) is 0 Å². The molecule has 1 saturated heterocycles. The summed E-state index contributed by atoms with van der Waals surface area (Å²) in [5, 5.41) is 2.70. The van der Waals surface area contributed by atoms with Gasteiger partial charge in [-0.25, -0.2) is 0 Å². The predicted octanol–water partition coefficient (Wildman–Crippen LogP) is 2.47. The second-order valence-electron chi connectivity index (χ2n) is 4.51. The van der Waals surface area contributed by atoms with Gasteiger partial charge < -0.3 is 10.1 Å². The monoisotopic (exact) mass is 273 g/mol. The standard InChI is InChI=1S/C13H14F3NO2/c14-13(15,16)11-3-1-10(2-4-11)12(18)17-7-9-5-6-19-8-9/h1-4,9H,5-8H2,(H,17,18)/t9-/m0/s1. The van der Waals surface area contributed by atoms with Crippen molar-refractivity contribution < 1.29 is 22.7 Å². The summed E-state index contributed by atoms with van der Waals surface area (Å²) < 4.78 is 42.2. The number of ether oxygens (including phenoxy) is 1. The molecule has 1 amide bonds. The third-order valence-electron chi connectivity index (χ3n) is 3.05. The third kappa shape index (κ3) is 3.70. The lowest BCUT2D eigenvalue weighted by Crippen LogP contribution is -2.29. The van der Waals surface area contributed by atoms with Crippen LogP contribution >= 0.6 is 0 Å². The number of alkyl halides is 3. The molecule has 3 nitrogen and oxygen atoms in total. The van der Waals surface area contributed by atoms with Gasteiger partial charge >= 0.3 is 6.18 Å². The fraction of sp³-hybridized carbons (Fsp3) is 0.462. The SMILES string of the molecule is O=C(NC[C@@H]1CCOC1)c1ccc(C(F)(F)F)cc1. The maximum absolute atomic E-state index is 12.4. The van der Waals surface area contributed by atoms with Crippen LogP contribution in [0.3, 0.4) is 0 Å². The first-order valence-corrected chi connectivity index (χ1v) is 6.00. The van der Waals surface area contributed by atoms with Gasteiger partial charge in [-0.1, -0.05) is 0 Å². The van der Waals surface area contributed by atoms with Crippen molar-refractivity contribution in [2.24, 2.45) is 5.92 Å². The smallest absolute Gasteiger partial charge is 0.381 e. The van der Waals surface area contributed by atoms with E-state index in [-0.39, 0.29) is 11.5 Å². The molecule has 19 heavy (non-hydrogen) atoms. The molecule has 0 spiro atoms. The normalized spacial score (nSPS) is 19.4. The molecule has 2 rings (SSSR count). The summed E-state index contributed by atoms with van der Waals surface area (Å²) in [5.74, 6) is -0.0703. The van der Waals surface area contributed by atoms with E-state index >= 15 is 0 Å². The number of hydrogen-bond acceptors (Lipinski definition) is 2. The predicted molar refractivity (Wildman–Crippen MR) is 62.7 cm³/mol. The highest BCUT2D eigenvalue weighted by Crippen LogP contribution is 2.29. The first kappa shape index (κ1) is 13.9. The van der Waals surface area contributed by atoms with Crippen LogP contribution < -0.4 is 5.32 Å². The number of rotatable bonds is 3. The molecule has 1 aromatic rings. The van der Waals surface area contributed by atoms with Gasteiger partial charge in [-0.3, -0.25) is 4.79 Å². The average Bonchev–Trinajstić information content (AvgIpc) is 2.88. The Kier molecular flexibility index (Phi) is 4.09. The van der Waals surface area contributed by atoms with Crippen molar-refractivity contribution >= 4 is 5.91 Å². The highest BCUT2D eigenvalue weighted by Gasteiger charge is 2.30. The molecule has 0 aliphatic carbocycles. The summed E-state index contributed by atoms with van der Waals surface area (Å²) in [4.78, 5) is 11.7. The molecular weight excluding hydrogens is 259 g/mol. The van der Waals surface area contributed by atoms with Crippen molar-refractivity contribution in [3.63, 3.8) is 0 Å². The zero-order valence-electron chi connectivity index (χ0n) is 10.2. The number of halogens is 3. The van der Waals surface area contributed by atoms with Crippen LogP contribution in [0.5, 0.6) is 0 Å². The highest BCUT2D eigenvalue weighted by atomic mass is 19.4. The third-order valence-corrected chi connectivity index (χ3v) is 3.05. The molecule has 0 radical (unpaired) electrons. The molecular formula is C13H14F3NO2. The van der Waals surface area contributed by atoms with Gasteiger partial charge in [0.15, 0.2) is 0 Å². The van der Waals surface area contributed by atoms with E-state index in [1.165, 1.54) is 12.1 Å². The molecule has 1 aromatic carbocycles. The molecule has 0 aromatic heterocycles. The van der Waals surface area contributed by atoms with E-state index in [4.69, 9.17) is 4.74 Å². The van der Waals surface area contributed by atoms with Gasteiger partial charge in [0.1, 0.15) is 0 Å². The Hall–Kier alpha value is -1.56. The first-order chi connectivity index (χ1) is 8.97. The summed E-state index contributed by atoms with van der Waals surface area (Å²) in [6.07, 6.45) is -3.48. The molecule has 0 saturated carbocycles. The lowest BCUT2D eigenvalue weighted by molar-refractivity contribution is -0.137. The molecule has 6 heteroatoms. The van der Waals surface area contributed by atoms with Crippen molar-refractivity contribution in [1.82, 2.24) is 5.32 Å². The van der Waals surface area contributed by atoms with Crippen LogP contribution in [-0.2, 0) is 10.9 Å². The van der Waals surface area contributed by atoms with Crippen LogP contribution in [0.4, 0.5) is 13.2 Å². The number of carbonyl (C=O) groups is 1.